The van der Waals surface area contributed by atoms with Crippen molar-refractivity contribution in [3.05, 3.63) is 69.5 Å². The second kappa shape index (κ2) is 6.25. The zero-order valence-electron chi connectivity index (χ0n) is 10.7. The molecule has 2 rings (SSSR count). The summed E-state index contributed by atoms with van der Waals surface area (Å²) in [5, 5.41) is 3.53. The highest BCUT2D eigenvalue weighted by molar-refractivity contribution is 6.33. The molecule has 2 nitrogen and oxygen atoms in total. The first-order valence-electron chi connectivity index (χ1n) is 5.99. The number of rotatable bonds is 3. The first-order valence-corrected chi connectivity index (χ1v) is 6.74. The van der Waals surface area contributed by atoms with Crippen LogP contribution in [0.2, 0.25) is 10.0 Å². The minimum absolute atomic E-state index is 0.0887. The monoisotopic (exact) mass is 311 g/mol. The van der Waals surface area contributed by atoms with E-state index in [1.54, 1.807) is 12.1 Å². The quantitative estimate of drug-likeness (QED) is 0.880. The van der Waals surface area contributed by atoms with E-state index >= 15 is 0 Å². The van der Waals surface area contributed by atoms with Crippen LogP contribution in [0.4, 0.5) is 4.39 Å². The van der Waals surface area contributed by atoms with Crippen LogP contribution < -0.4 is 5.32 Å². The maximum absolute atomic E-state index is 12.9. The van der Waals surface area contributed by atoms with Crippen molar-refractivity contribution in [3.8, 4) is 0 Å². The average molecular weight is 312 g/mol. The van der Waals surface area contributed by atoms with Crippen molar-refractivity contribution in [2.24, 2.45) is 0 Å². The number of hydrogen-bond acceptors (Lipinski definition) is 1. The van der Waals surface area contributed by atoms with Crippen molar-refractivity contribution in [1.82, 2.24) is 5.32 Å². The molecule has 0 saturated carbocycles. The number of carbonyl (C=O) groups is 1. The highest BCUT2D eigenvalue weighted by atomic mass is 35.5. The standard InChI is InChI=1S/C15H12Cl2FNO/c1-9(10-2-4-11(16)5-3-10)19-15(20)13-7-6-12(18)8-14(13)17/h2-9H,1H3,(H,19,20)/t9-/m0/s1. The third kappa shape index (κ3) is 3.50. The molecule has 104 valence electrons. The van der Waals surface area contributed by atoms with Crippen LogP contribution in [0.3, 0.4) is 0 Å². The Morgan fingerprint density at radius 2 is 1.80 bits per heavy atom. The molecule has 0 fully saturated rings. The van der Waals surface area contributed by atoms with Crippen molar-refractivity contribution in [3.63, 3.8) is 0 Å². The van der Waals surface area contributed by atoms with Gasteiger partial charge in [0.05, 0.1) is 16.6 Å². The lowest BCUT2D eigenvalue weighted by molar-refractivity contribution is 0.0940. The van der Waals surface area contributed by atoms with E-state index in [-0.39, 0.29) is 22.5 Å². The Bertz CT molecular complexity index is 628. The lowest BCUT2D eigenvalue weighted by Crippen LogP contribution is -2.26. The fraction of sp³-hybridized carbons (Fsp3) is 0.133. The Kier molecular flexibility index (Phi) is 4.63. The number of amides is 1. The summed E-state index contributed by atoms with van der Waals surface area (Å²) in [5.41, 5.74) is 1.16. The van der Waals surface area contributed by atoms with E-state index in [0.717, 1.165) is 11.6 Å². The Morgan fingerprint density at radius 3 is 2.40 bits per heavy atom. The molecule has 5 heteroatoms. The van der Waals surface area contributed by atoms with Crippen LogP contribution in [-0.4, -0.2) is 5.91 Å². The second-order valence-electron chi connectivity index (χ2n) is 4.37. The Morgan fingerprint density at radius 1 is 1.15 bits per heavy atom. The van der Waals surface area contributed by atoms with Crippen molar-refractivity contribution >= 4 is 29.1 Å². The maximum Gasteiger partial charge on any atom is 0.253 e. The van der Waals surface area contributed by atoms with Gasteiger partial charge in [-0.1, -0.05) is 35.3 Å². The van der Waals surface area contributed by atoms with Crippen molar-refractivity contribution < 1.29 is 9.18 Å². The molecule has 0 unspecified atom stereocenters. The fourth-order valence-corrected chi connectivity index (χ4v) is 2.16. The van der Waals surface area contributed by atoms with Crippen LogP contribution in [-0.2, 0) is 0 Å². The summed E-state index contributed by atoms with van der Waals surface area (Å²) in [4.78, 5) is 12.1. The number of carbonyl (C=O) groups excluding carboxylic acids is 1. The molecular formula is C15H12Cl2FNO. The molecule has 2 aromatic rings. The minimum Gasteiger partial charge on any atom is -0.345 e. The normalized spacial score (nSPS) is 12.0. The molecule has 20 heavy (non-hydrogen) atoms. The Hall–Kier alpha value is -1.58. The summed E-state index contributed by atoms with van der Waals surface area (Å²) in [6, 6.07) is 10.6. The molecule has 0 saturated heterocycles. The minimum atomic E-state index is -0.475. The summed E-state index contributed by atoms with van der Waals surface area (Å²) >= 11 is 11.7. The van der Waals surface area contributed by atoms with E-state index in [9.17, 15) is 9.18 Å². The fourth-order valence-electron chi connectivity index (χ4n) is 1.78. The van der Waals surface area contributed by atoms with Gasteiger partial charge in [-0.25, -0.2) is 4.39 Å². The van der Waals surface area contributed by atoms with Gasteiger partial charge in [0.15, 0.2) is 0 Å². The highest BCUT2D eigenvalue weighted by Crippen LogP contribution is 2.20. The van der Waals surface area contributed by atoms with Crippen molar-refractivity contribution in [2.45, 2.75) is 13.0 Å². The molecule has 0 radical (unpaired) electrons. The topological polar surface area (TPSA) is 29.1 Å². The maximum atomic E-state index is 12.9. The predicted molar refractivity (Wildman–Crippen MR) is 78.7 cm³/mol. The van der Waals surface area contributed by atoms with E-state index in [2.05, 4.69) is 5.32 Å². The van der Waals surface area contributed by atoms with Gasteiger partial charge in [-0.05, 0) is 42.8 Å². The third-order valence-electron chi connectivity index (χ3n) is 2.89. The van der Waals surface area contributed by atoms with Gasteiger partial charge in [-0.15, -0.1) is 0 Å². The SMILES string of the molecule is C[C@H](NC(=O)c1ccc(F)cc1Cl)c1ccc(Cl)cc1. The van der Waals surface area contributed by atoms with Crippen LogP contribution in [0.25, 0.3) is 0 Å². The largest absolute Gasteiger partial charge is 0.345 e. The lowest BCUT2D eigenvalue weighted by atomic mass is 10.1. The number of halogens is 3. The molecule has 0 spiro atoms. The zero-order valence-corrected chi connectivity index (χ0v) is 12.2. The number of nitrogens with one attached hydrogen (secondary N) is 1. The van der Waals surface area contributed by atoms with E-state index in [1.807, 2.05) is 19.1 Å². The molecule has 1 amide bonds. The molecule has 0 aromatic heterocycles. The molecule has 2 aromatic carbocycles. The van der Waals surface area contributed by atoms with Gasteiger partial charge in [-0.2, -0.15) is 0 Å². The Labute approximate surface area is 126 Å². The zero-order chi connectivity index (χ0) is 14.7. The van der Waals surface area contributed by atoms with Crippen LogP contribution in [0.5, 0.6) is 0 Å². The van der Waals surface area contributed by atoms with E-state index in [0.29, 0.717) is 5.02 Å². The van der Waals surface area contributed by atoms with Gasteiger partial charge in [-0.3, -0.25) is 4.79 Å². The summed E-state index contributed by atoms with van der Waals surface area (Å²) in [6.45, 7) is 1.85. The smallest absolute Gasteiger partial charge is 0.253 e. The molecule has 0 aliphatic carbocycles. The van der Waals surface area contributed by atoms with Gasteiger partial charge >= 0.3 is 0 Å². The predicted octanol–water partition coefficient (Wildman–Crippen LogP) is 4.62. The van der Waals surface area contributed by atoms with E-state index in [4.69, 9.17) is 23.2 Å². The molecule has 0 heterocycles. The third-order valence-corrected chi connectivity index (χ3v) is 3.46. The van der Waals surface area contributed by atoms with Crippen LogP contribution in [0.1, 0.15) is 28.9 Å². The van der Waals surface area contributed by atoms with Gasteiger partial charge in [0.1, 0.15) is 5.82 Å². The molecular weight excluding hydrogens is 300 g/mol. The van der Waals surface area contributed by atoms with Gasteiger partial charge in [0.2, 0.25) is 0 Å². The van der Waals surface area contributed by atoms with E-state index < -0.39 is 5.82 Å². The molecule has 1 atom stereocenters. The van der Waals surface area contributed by atoms with Crippen LogP contribution in [0.15, 0.2) is 42.5 Å². The summed E-state index contributed by atoms with van der Waals surface area (Å²) in [5.74, 6) is -0.824. The van der Waals surface area contributed by atoms with Crippen LogP contribution >= 0.6 is 23.2 Å². The lowest BCUT2D eigenvalue weighted by Gasteiger charge is -2.15. The first kappa shape index (κ1) is 14.8. The Balaban J connectivity index is 2.13. The average Bonchev–Trinajstić information content (AvgIpc) is 2.39. The number of benzene rings is 2. The molecule has 0 aliphatic rings. The van der Waals surface area contributed by atoms with Crippen molar-refractivity contribution in [1.29, 1.82) is 0 Å². The molecule has 0 bridgehead atoms. The van der Waals surface area contributed by atoms with Gasteiger partial charge in [0.25, 0.3) is 5.91 Å². The second-order valence-corrected chi connectivity index (χ2v) is 5.21. The van der Waals surface area contributed by atoms with E-state index in [1.165, 1.54) is 12.1 Å². The summed E-state index contributed by atoms with van der Waals surface area (Å²) in [7, 11) is 0. The van der Waals surface area contributed by atoms with Gasteiger partial charge in [0, 0.05) is 5.02 Å². The first-order chi connectivity index (χ1) is 9.47. The molecule has 0 aliphatic heterocycles. The van der Waals surface area contributed by atoms with Gasteiger partial charge < -0.3 is 5.32 Å². The number of hydrogen-bond donors (Lipinski definition) is 1. The molecule has 1 N–H and O–H groups in total. The summed E-state index contributed by atoms with van der Waals surface area (Å²) in [6.07, 6.45) is 0. The van der Waals surface area contributed by atoms with Crippen molar-refractivity contribution in [2.75, 3.05) is 0 Å². The highest BCUT2D eigenvalue weighted by Gasteiger charge is 2.14. The summed E-state index contributed by atoms with van der Waals surface area (Å²) < 4.78 is 12.9. The van der Waals surface area contributed by atoms with Crippen LogP contribution in [0, 0.1) is 5.82 Å².